The van der Waals surface area contributed by atoms with Gasteiger partial charge in [-0.3, -0.25) is 0 Å². The van der Waals surface area contributed by atoms with Crippen LogP contribution in [0, 0.1) is 10.8 Å². The maximum Gasteiger partial charge on any atom is 0.161 e. The monoisotopic (exact) mass is 484 g/mol. The first-order chi connectivity index (χ1) is 17.0. The molecule has 0 atom stereocenters. The maximum atomic E-state index is 6.23. The normalized spacial score (nSPS) is 18.2. The molecule has 0 aromatic heterocycles. The Labute approximate surface area is 215 Å². The second-order valence-corrected chi connectivity index (χ2v) is 11.0. The summed E-state index contributed by atoms with van der Waals surface area (Å²) in [5, 5.41) is 0. The Kier molecular flexibility index (Phi) is 6.90. The van der Waals surface area contributed by atoms with Crippen molar-refractivity contribution in [3.8, 4) is 11.5 Å². The van der Waals surface area contributed by atoms with Crippen LogP contribution in [-0.4, -0.2) is 14.2 Å². The highest BCUT2D eigenvalue weighted by molar-refractivity contribution is 5.83. The van der Waals surface area contributed by atoms with E-state index in [4.69, 9.17) is 18.9 Å². The fraction of sp³-hybridized carbons (Fsp3) is 0.312. The van der Waals surface area contributed by atoms with Gasteiger partial charge in [-0.15, -0.1) is 0 Å². The second kappa shape index (κ2) is 9.77. The molecule has 2 heterocycles. The molecule has 0 aliphatic carbocycles. The molecule has 2 aliphatic rings. The van der Waals surface area contributed by atoms with E-state index in [1.54, 1.807) is 14.2 Å². The number of methoxy groups -OCH3 is 2. The number of hydrogen-bond donors (Lipinski definition) is 0. The topological polar surface area (TPSA) is 36.9 Å². The molecule has 2 aliphatic heterocycles. The number of benzene rings is 2. The molecule has 0 saturated carbocycles. The molecule has 0 saturated heterocycles. The number of ether oxygens (including phenoxy) is 4. The van der Waals surface area contributed by atoms with Crippen LogP contribution in [-0.2, 0) is 9.47 Å². The van der Waals surface area contributed by atoms with E-state index in [1.807, 2.05) is 48.6 Å². The number of hydrogen-bond acceptors (Lipinski definition) is 4. The Balaban J connectivity index is 1.88. The van der Waals surface area contributed by atoms with Gasteiger partial charge in [0.25, 0.3) is 0 Å². The zero-order valence-corrected chi connectivity index (χ0v) is 22.6. The number of allylic oxidation sites excluding steroid dienone is 8. The summed E-state index contributed by atoms with van der Waals surface area (Å²) in [6.45, 7) is 12.9. The molecular weight excluding hydrogens is 448 g/mol. The summed E-state index contributed by atoms with van der Waals surface area (Å²) in [5.41, 5.74) is 3.74. The predicted molar refractivity (Wildman–Crippen MR) is 146 cm³/mol. The Morgan fingerprint density at radius 1 is 0.611 bits per heavy atom. The molecule has 4 rings (SSSR count). The summed E-state index contributed by atoms with van der Waals surface area (Å²) in [4.78, 5) is 0. The standard InChI is InChI=1S/C32H36O4/c1-31(2,3)29-19-21(23-13-9-11-15-25(23)35-29)17-27(33-7)28(34-8)18-22-20-30(32(4,5)6)36-26-16-12-10-14-24(22)26/h9-20H,1-8H3/b21-17-,22-18-,28-27+. The van der Waals surface area contributed by atoms with Crippen LogP contribution in [0.5, 0.6) is 11.5 Å². The maximum absolute atomic E-state index is 6.23. The van der Waals surface area contributed by atoms with E-state index < -0.39 is 0 Å². The van der Waals surface area contributed by atoms with Gasteiger partial charge >= 0.3 is 0 Å². The van der Waals surface area contributed by atoms with E-state index in [1.165, 1.54) is 0 Å². The van der Waals surface area contributed by atoms with Crippen LogP contribution in [0.4, 0.5) is 0 Å². The van der Waals surface area contributed by atoms with Gasteiger partial charge < -0.3 is 18.9 Å². The zero-order chi connectivity index (χ0) is 26.1. The van der Waals surface area contributed by atoms with Gasteiger partial charge in [-0.2, -0.15) is 0 Å². The first-order valence-corrected chi connectivity index (χ1v) is 12.3. The molecule has 188 valence electrons. The van der Waals surface area contributed by atoms with Gasteiger partial charge in [-0.25, -0.2) is 0 Å². The van der Waals surface area contributed by atoms with Crippen LogP contribution >= 0.6 is 0 Å². The Morgan fingerprint density at radius 2 is 0.972 bits per heavy atom. The Bertz CT molecular complexity index is 1200. The lowest BCUT2D eigenvalue weighted by Gasteiger charge is -2.29. The lowest BCUT2D eigenvalue weighted by molar-refractivity contribution is 0.242. The summed E-state index contributed by atoms with van der Waals surface area (Å²) in [5.74, 6) is 4.71. The lowest BCUT2D eigenvalue weighted by Crippen LogP contribution is -2.18. The highest BCUT2D eigenvalue weighted by Crippen LogP contribution is 2.42. The van der Waals surface area contributed by atoms with E-state index >= 15 is 0 Å². The summed E-state index contributed by atoms with van der Waals surface area (Å²) < 4.78 is 24.2. The van der Waals surface area contributed by atoms with Crippen molar-refractivity contribution >= 4 is 11.1 Å². The van der Waals surface area contributed by atoms with Crippen LogP contribution in [0.2, 0.25) is 0 Å². The molecule has 2 aromatic carbocycles. The fourth-order valence-electron chi connectivity index (χ4n) is 4.04. The molecule has 4 nitrogen and oxygen atoms in total. The molecule has 0 unspecified atom stereocenters. The smallest absolute Gasteiger partial charge is 0.161 e. The number of fused-ring (bicyclic) bond motifs is 2. The Hall–Kier alpha value is -3.66. The summed E-state index contributed by atoms with van der Waals surface area (Å²) in [6.07, 6.45) is 8.21. The third-order valence-electron chi connectivity index (χ3n) is 6.14. The SMILES string of the molecule is COC(/C=C1/C=C(C(C)(C)C)Oc2ccccc21)=C(\C=C1\C=C(C(C)(C)C)Oc2ccccc21)OC. The molecule has 0 fully saturated rings. The highest BCUT2D eigenvalue weighted by atomic mass is 16.5. The van der Waals surface area contributed by atoms with E-state index in [0.29, 0.717) is 11.5 Å². The van der Waals surface area contributed by atoms with Gasteiger partial charge in [0.05, 0.1) is 14.2 Å². The molecule has 0 spiro atoms. The van der Waals surface area contributed by atoms with Gasteiger partial charge in [-0.05, 0) is 47.6 Å². The first-order valence-electron chi connectivity index (χ1n) is 12.3. The van der Waals surface area contributed by atoms with E-state index in [0.717, 1.165) is 45.3 Å². The fourth-order valence-corrected chi connectivity index (χ4v) is 4.04. The predicted octanol–water partition coefficient (Wildman–Crippen LogP) is 8.30. The van der Waals surface area contributed by atoms with Gasteiger partial charge in [0.2, 0.25) is 0 Å². The van der Waals surface area contributed by atoms with Crippen LogP contribution in [0.15, 0.2) is 95.9 Å². The Morgan fingerprint density at radius 3 is 1.31 bits per heavy atom. The third-order valence-corrected chi connectivity index (χ3v) is 6.14. The van der Waals surface area contributed by atoms with Crippen LogP contribution < -0.4 is 9.47 Å². The van der Waals surface area contributed by atoms with Crippen molar-refractivity contribution < 1.29 is 18.9 Å². The molecule has 2 aromatic rings. The minimum Gasteiger partial charge on any atom is -0.493 e. The van der Waals surface area contributed by atoms with Crippen LogP contribution in [0.25, 0.3) is 11.1 Å². The molecule has 0 bridgehead atoms. The van der Waals surface area contributed by atoms with Crippen molar-refractivity contribution in [2.75, 3.05) is 14.2 Å². The van der Waals surface area contributed by atoms with E-state index in [-0.39, 0.29) is 10.8 Å². The lowest BCUT2D eigenvalue weighted by atomic mass is 9.88. The van der Waals surface area contributed by atoms with Crippen molar-refractivity contribution in [2.45, 2.75) is 41.5 Å². The van der Waals surface area contributed by atoms with Gasteiger partial charge in [-0.1, -0.05) is 77.9 Å². The van der Waals surface area contributed by atoms with Crippen LogP contribution in [0.1, 0.15) is 52.7 Å². The van der Waals surface area contributed by atoms with Crippen molar-refractivity contribution in [2.24, 2.45) is 10.8 Å². The van der Waals surface area contributed by atoms with Crippen molar-refractivity contribution in [1.82, 2.24) is 0 Å². The molecule has 0 radical (unpaired) electrons. The highest BCUT2D eigenvalue weighted by Gasteiger charge is 2.27. The largest absolute Gasteiger partial charge is 0.493 e. The van der Waals surface area contributed by atoms with E-state index in [9.17, 15) is 0 Å². The molecular formula is C32H36O4. The van der Waals surface area contributed by atoms with Crippen LogP contribution in [0.3, 0.4) is 0 Å². The zero-order valence-electron chi connectivity index (χ0n) is 22.6. The van der Waals surface area contributed by atoms with Gasteiger partial charge in [0.1, 0.15) is 23.0 Å². The molecule has 0 N–H and O–H groups in total. The number of para-hydroxylation sites is 2. The quantitative estimate of drug-likeness (QED) is 0.409. The van der Waals surface area contributed by atoms with Gasteiger partial charge in [0, 0.05) is 22.0 Å². The van der Waals surface area contributed by atoms with Gasteiger partial charge in [0.15, 0.2) is 11.5 Å². The van der Waals surface area contributed by atoms with E-state index in [2.05, 4.69) is 65.8 Å². The van der Waals surface area contributed by atoms with Crippen molar-refractivity contribution in [1.29, 1.82) is 0 Å². The first kappa shape index (κ1) is 25.4. The minimum absolute atomic E-state index is 0.143. The third kappa shape index (κ3) is 5.28. The van der Waals surface area contributed by atoms with Crippen molar-refractivity contribution in [3.63, 3.8) is 0 Å². The average molecular weight is 485 g/mol. The summed E-state index contributed by atoms with van der Waals surface area (Å²) in [6, 6.07) is 16.1. The number of rotatable bonds is 4. The molecule has 4 heteroatoms. The summed E-state index contributed by atoms with van der Waals surface area (Å²) in [7, 11) is 3.33. The molecule has 0 amide bonds. The minimum atomic E-state index is -0.143. The average Bonchev–Trinajstić information content (AvgIpc) is 2.84. The molecule has 36 heavy (non-hydrogen) atoms. The summed E-state index contributed by atoms with van der Waals surface area (Å²) >= 11 is 0. The van der Waals surface area contributed by atoms with Crippen molar-refractivity contribution in [3.05, 3.63) is 107 Å². The second-order valence-electron chi connectivity index (χ2n) is 11.0.